The van der Waals surface area contributed by atoms with E-state index in [-0.39, 0.29) is 11.6 Å². The summed E-state index contributed by atoms with van der Waals surface area (Å²) in [6.07, 6.45) is 5.81. The van der Waals surface area contributed by atoms with Crippen LogP contribution in [0.3, 0.4) is 0 Å². The minimum atomic E-state index is -3.57. The van der Waals surface area contributed by atoms with Crippen molar-refractivity contribution in [3.63, 3.8) is 0 Å². The molecule has 1 aromatic heterocycles. The van der Waals surface area contributed by atoms with E-state index in [1.165, 1.54) is 19.0 Å². The Kier molecular flexibility index (Phi) is 3.80. The topological polar surface area (TPSA) is 95.1 Å². The smallest absolute Gasteiger partial charge is 0.257 e. The van der Waals surface area contributed by atoms with E-state index in [0.29, 0.717) is 12.1 Å². The van der Waals surface area contributed by atoms with Crippen molar-refractivity contribution >= 4 is 10.0 Å². The first kappa shape index (κ1) is 12.5. The van der Waals surface area contributed by atoms with Crippen LogP contribution >= 0.6 is 0 Å². The fourth-order valence-electron chi connectivity index (χ4n) is 1.72. The van der Waals surface area contributed by atoms with Crippen LogP contribution in [-0.4, -0.2) is 30.3 Å². The molecule has 0 radical (unpaired) electrons. The maximum atomic E-state index is 11.8. The van der Waals surface area contributed by atoms with Crippen molar-refractivity contribution in [2.45, 2.75) is 37.3 Å². The number of nitrogens with one attached hydrogen (secondary N) is 2. The Hall–Kier alpha value is -0.920. The largest absolute Gasteiger partial charge is 0.392 e. The number of hydrogen-bond acceptors (Lipinski definition) is 4. The summed E-state index contributed by atoms with van der Waals surface area (Å²) >= 11 is 0. The first-order chi connectivity index (χ1) is 8.13. The normalized spacial score (nSPS) is 16.3. The van der Waals surface area contributed by atoms with E-state index in [1.54, 1.807) is 0 Å². The van der Waals surface area contributed by atoms with Gasteiger partial charge in [0.25, 0.3) is 10.0 Å². The standard InChI is InChI=1S/C10H17N3O3S/c14-7-9-6-11-13-10(9)17(15,16)12-5-1-2-8-3-4-8/h6,8,12,14H,1-5,7H2,(H,11,13). The second kappa shape index (κ2) is 5.16. The summed E-state index contributed by atoms with van der Waals surface area (Å²) in [5.74, 6) is 0.805. The van der Waals surface area contributed by atoms with E-state index in [9.17, 15) is 8.42 Å². The second-order valence-corrected chi connectivity index (χ2v) is 6.07. The molecule has 1 aliphatic rings. The molecule has 1 aromatic rings. The summed E-state index contributed by atoms with van der Waals surface area (Å²) in [5.41, 5.74) is 0.291. The molecule has 0 aromatic carbocycles. The molecule has 0 aliphatic heterocycles. The van der Waals surface area contributed by atoms with Gasteiger partial charge in [-0.15, -0.1) is 0 Å². The third-order valence-electron chi connectivity index (χ3n) is 2.90. The third-order valence-corrected chi connectivity index (χ3v) is 4.37. The summed E-state index contributed by atoms with van der Waals surface area (Å²) in [4.78, 5) is 0. The fraction of sp³-hybridized carbons (Fsp3) is 0.700. The van der Waals surface area contributed by atoms with Gasteiger partial charge in [0.05, 0.1) is 12.8 Å². The summed E-state index contributed by atoms with van der Waals surface area (Å²) in [6.45, 7) is 0.0948. The quantitative estimate of drug-likeness (QED) is 0.616. The van der Waals surface area contributed by atoms with Gasteiger partial charge in [0.2, 0.25) is 0 Å². The molecule has 0 amide bonds. The van der Waals surface area contributed by atoms with Gasteiger partial charge in [-0.05, 0) is 18.8 Å². The second-order valence-electron chi connectivity index (χ2n) is 4.37. The van der Waals surface area contributed by atoms with Crippen molar-refractivity contribution in [1.82, 2.24) is 14.9 Å². The lowest BCUT2D eigenvalue weighted by atomic mass is 10.2. The van der Waals surface area contributed by atoms with Crippen LogP contribution in [0.5, 0.6) is 0 Å². The van der Waals surface area contributed by atoms with Crippen LogP contribution < -0.4 is 4.72 Å². The lowest BCUT2D eigenvalue weighted by Gasteiger charge is -2.05. The van der Waals surface area contributed by atoms with Crippen LogP contribution in [0.2, 0.25) is 0 Å². The minimum Gasteiger partial charge on any atom is -0.392 e. The summed E-state index contributed by atoms with van der Waals surface area (Å²) in [6, 6.07) is 0. The van der Waals surface area contributed by atoms with Crippen molar-refractivity contribution in [1.29, 1.82) is 0 Å². The van der Waals surface area contributed by atoms with Gasteiger partial charge in [0.15, 0.2) is 5.03 Å². The van der Waals surface area contributed by atoms with Crippen LogP contribution in [0.4, 0.5) is 0 Å². The Balaban J connectivity index is 1.88. The minimum absolute atomic E-state index is 0.0357. The molecular weight excluding hydrogens is 242 g/mol. The number of aromatic nitrogens is 2. The predicted molar refractivity (Wildman–Crippen MR) is 61.7 cm³/mol. The highest BCUT2D eigenvalue weighted by Gasteiger charge is 2.22. The molecule has 2 rings (SSSR count). The van der Waals surface area contributed by atoms with Crippen molar-refractivity contribution in [3.05, 3.63) is 11.8 Å². The monoisotopic (exact) mass is 259 g/mol. The molecule has 0 unspecified atom stereocenters. The fourth-order valence-corrected chi connectivity index (χ4v) is 2.91. The number of hydrogen-bond donors (Lipinski definition) is 3. The molecule has 1 aliphatic carbocycles. The zero-order valence-electron chi connectivity index (χ0n) is 9.52. The number of nitrogens with zero attached hydrogens (tertiary/aromatic N) is 1. The van der Waals surface area contributed by atoms with Gasteiger partial charge in [-0.25, -0.2) is 13.1 Å². The molecule has 7 heteroatoms. The maximum Gasteiger partial charge on any atom is 0.257 e. The molecule has 1 fully saturated rings. The SMILES string of the molecule is O=S(=O)(NCCCC1CC1)c1[nH]ncc1CO. The number of aromatic amines is 1. The molecule has 1 heterocycles. The van der Waals surface area contributed by atoms with Crippen LogP contribution in [0.15, 0.2) is 11.2 Å². The van der Waals surface area contributed by atoms with Crippen LogP contribution in [-0.2, 0) is 16.6 Å². The molecule has 3 N–H and O–H groups in total. The van der Waals surface area contributed by atoms with Crippen molar-refractivity contribution in [3.8, 4) is 0 Å². The molecule has 6 nitrogen and oxygen atoms in total. The zero-order valence-corrected chi connectivity index (χ0v) is 10.3. The number of rotatable bonds is 7. The first-order valence-corrected chi connectivity index (χ1v) is 7.24. The van der Waals surface area contributed by atoms with Crippen molar-refractivity contribution in [2.75, 3.05) is 6.54 Å². The molecule has 0 spiro atoms. The molecule has 96 valence electrons. The lowest BCUT2D eigenvalue weighted by Crippen LogP contribution is -2.26. The Bertz CT molecular complexity index is 465. The van der Waals surface area contributed by atoms with Crippen LogP contribution in [0.1, 0.15) is 31.2 Å². The van der Waals surface area contributed by atoms with Crippen molar-refractivity contribution < 1.29 is 13.5 Å². The van der Waals surface area contributed by atoms with Gasteiger partial charge in [-0.1, -0.05) is 12.8 Å². The number of H-pyrrole nitrogens is 1. The third kappa shape index (κ3) is 3.27. The Morgan fingerprint density at radius 1 is 1.53 bits per heavy atom. The maximum absolute atomic E-state index is 11.8. The molecule has 0 saturated heterocycles. The molecule has 17 heavy (non-hydrogen) atoms. The highest BCUT2D eigenvalue weighted by molar-refractivity contribution is 7.89. The van der Waals surface area contributed by atoms with Gasteiger partial charge < -0.3 is 5.11 Å². The van der Waals surface area contributed by atoms with Crippen LogP contribution in [0.25, 0.3) is 0 Å². The Morgan fingerprint density at radius 3 is 2.94 bits per heavy atom. The van der Waals surface area contributed by atoms with E-state index in [0.717, 1.165) is 18.8 Å². The number of aliphatic hydroxyl groups is 1. The van der Waals surface area contributed by atoms with E-state index in [2.05, 4.69) is 14.9 Å². The summed E-state index contributed by atoms with van der Waals surface area (Å²) < 4.78 is 26.2. The van der Waals surface area contributed by atoms with E-state index in [4.69, 9.17) is 5.11 Å². The average Bonchev–Trinajstić information content (AvgIpc) is 2.98. The van der Waals surface area contributed by atoms with Crippen LogP contribution in [0, 0.1) is 5.92 Å². The predicted octanol–water partition coefficient (Wildman–Crippen LogP) is 0.370. The van der Waals surface area contributed by atoms with Gasteiger partial charge in [-0.2, -0.15) is 5.10 Å². The number of sulfonamides is 1. The highest BCUT2D eigenvalue weighted by atomic mass is 32.2. The zero-order chi connectivity index (χ0) is 12.3. The lowest BCUT2D eigenvalue weighted by molar-refractivity contribution is 0.278. The van der Waals surface area contributed by atoms with E-state index < -0.39 is 10.0 Å². The van der Waals surface area contributed by atoms with Gasteiger partial charge in [0, 0.05) is 12.1 Å². The number of aliphatic hydroxyl groups excluding tert-OH is 1. The Morgan fingerprint density at radius 2 is 2.29 bits per heavy atom. The van der Waals surface area contributed by atoms with Crippen molar-refractivity contribution in [2.24, 2.45) is 5.92 Å². The molecular formula is C10H17N3O3S. The van der Waals surface area contributed by atoms with E-state index >= 15 is 0 Å². The Labute approximate surface area is 100 Å². The highest BCUT2D eigenvalue weighted by Crippen LogP contribution is 2.33. The van der Waals surface area contributed by atoms with Gasteiger partial charge in [-0.3, -0.25) is 5.10 Å². The summed E-state index contributed by atoms with van der Waals surface area (Å²) in [7, 11) is -3.57. The van der Waals surface area contributed by atoms with Gasteiger partial charge in [0.1, 0.15) is 0 Å². The molecule has 1 saturated carbocycles. The van der Waals surface area contributed by atoms with E-state index in [1.807, 2.05) is 0 Å². The average molecular weight is 259 g/mol. The first-order valence-electron chi connectivity index (χ1n) is 5.76. The molecule has 0 bridgehead atoms. The molecule has 0 atom stereocenters. The summed E-state index contributed by atoms with van der Waals surface area (Å²) in [5, 5.41) is 15.0. The van der Waals surface area contributed by atoms with Gasteiger partial charge >= 0.3 is 0 Å².